The van der Waals surface area contributed by atoms with Gasteiger partial charge in [-0.1, -0.05) is 20.3 Å². The Morgan fingerprint density at radius 1 is 1.42 bits per heavy atom. The van der Waals surface area contributed by atoms with E-state index in [0.29, 0.717) is 17.0 Å². The summed E-state index contributed by atoms with van der Waals surface area (Å²) in [6.07, 6.45) is 4.29. The molecular formula is C13H17N3O2S. The molecule has 0 aromatic carbocycles. The number of hydrogen-bond acceptors (Lipinski definition) is 4. The molecule has 0 aliphatic carbocycles. The van der Waals surface area contributed by atoms with E-state index in [0.717, 1.165) is 30.1 Å². The van der Waals surface area contributed by atoms with Crippen molar-refractivity contribution in [3.05, 3.63) is 22.8 Å². The van der Waals surface area contributed by atoms with Crippen LogP contribution in [0.3, 0.4) is 0 Å². The molecule has 0 aliphatic heterocycles. The van der Waals surface area contributed by atoms with Crippen LogP contribution in [0, 0.1) is 0 Å². The Morgan fingerprint density at radius 2 is 2.21 bits per heavy atom. The third kappa shape index (κ3) is 2.84. The van der Waals surface area contributed by atoms with Gasteiger partial charge in [-0.3, -0.25) is 4.68 Å². The highest BCUT2D eigenvalue weighted by molar-refractivity contribution is 7.17. The Bertz CT molecular complexity index is 574. The van der Waals surface area contributed by atoms with E-state index in [4.69, 9.17) is 0 Å². The zero-order valence-corrected chi connectivity index (χ0v) is 11.9. The first kappa shape index (κ1) is 13.7. The van der Waals surface area contributed by atoms with Crippen molar-refractivity contribution < 1.29 is 9.90 Å². The fourth-order valence-corrected chi connectivity index (χ4v) is 2.92. The van der Waals surface area contributed by atoms with Gasteiger partial charge in [-0.2, -0.15) is 5.10 Å². The second-order valence-electron chi connectivity index (χ2n) is 4.29. The van der Waals surface area contributed by atoms with Crippen molar-refractivity contribution in [2.24, 2.45) is 0 Å². The lowest BCUT2D eigenvalue weighted by molar-refractivity contribution is 0.0700. The Balaban J connectivity index is 2.42. The number of carboxylic acid groups (broad SMARTS) is 1. The molecule has 0 aliphatic rings. The minimum Gasteiger partial charge on any atom is -0.477 e. The van der Waals surface area contributed by atoms with Crippen LogP contribution in [0.5, 0.6) is 0 Å². The highest BCUT2D eigenvalue weighted by Gasteiger charge is 2.19. The van der Waals surface area contributed by atoms with E-state index in [9.17, 15) is 9.90 Å². The number of carboxylic acids is 1. The van der Waals surface area contributed by atoms with Crippen molar-refractivity contribution in [3.63, 3.8) is 0 Å². The van der Waals surface area contributed by atoms with E-state index in [2.05, 4.69) is 17.0 Å². The molecular weight excluding hydrogens is 262 g/mol. The molecule has 2 aromatic rings. The molecule has 0 bridgehead atoms. The van der Waals surface area contributed by atoms with Crippen molar-refractivity contribution in [3.8, 4) is 10.7 Å². The summed E-state index contributed by atoms with van der Waals surface area (Å²) in [4.78, 5) is 16.1. The van der Waals surface area contributed by atoms with Gasteiger partial charge in [-0.05, 0) is 18.9 Å². The topological polar surface area (TPSA) is 68.0 Å². The summed E-state index contributed by atoms with van der Waals surface area (Å²) in [5.74, 6) is -0.895. The average molecular weight is 279 g/mol. The molecule has 0 unspecified atom stereocenters. The van der Waals surface area contributed by atoms with Crippen LogP contribution < -0.4 is 0 Å². The van der Waals surface area contributed by atoms with Gasteiger partial charge in [0.25, 0.3) is 0 Å². The number of aromatic nitrogens is 3. The van der Waals surface area contributed by atoms with E-state index in [1.54, 1.807) is 6.20 Å². The van der Waals surface area contributed by atoms with E-state index < -0.39 is 5.97 Å². The number of carbonyl (C=O) groups is 1. The highest BCUT2D eigenvalue weighted by atomic mass is 32.1. The minimum absolute atomic E-state index is 0.348. The van der Waals surface area contributed by atoms with Gasteiger partial charge < -0.3 is 5.11 Å². The first-order valence-corrected chi connectivity index (χ1v) is 7.24. The largest absolute Gasteiger partial charge is 0.477 e. The van der Waals surface area contributed by atoms with Crippen molar-refractivity contribution in [1.82, 2.24) is 14.8 Å². The van der Waals surface area contributed by atoms with Gasteiger partial charge in [-0.25, -0.2) is 9.78 Å². The monoisotopic (exact) mass is 279 g/mol. The molecule has 0 saturated carbocycles. The lowest BCUT2D eigenvalue weighted by Crippen LogP contribution is -2.01. The second kappa shape index (κ2) is 5.97. The molecule has 0 saturated heterocycles. The van der Waals surface area contributed by atoms with Crippen LogP contribution >= 0.6 is 11.3 Å². The van der Waals surface area contributed by atoms with Crippen LogP contribution in [0.2, 0.25) is 0 Å². The predicted octanol–water partition coefficient (Wildman–Crippen LogP) is 3.07. The molecule has 2 aromatic heterocycles. The van der Waals surface area contributed by atoms with Crippen LogP contribution in [-0.4, -0.2) is 25.8 Å². The minimum atomic E-state index is -0.895. The SMILES string of the molecule is CCCc1nc(-c2ccnn2CCC)sc1C(=O)O. The van der Waals surface area contributed by atoms with Crippen LogP contribution in [0.4, 0.5) is 0 Å². The van der Waals surface area contributed by atoms with Gasteiger partial charge in [0.05, 0.1) is 11.4 Å². The lowest BCUT2D eigenvalue weighted by Gasteiger charge is -2.02. The van der Waals surface area contributed by atoms with Crippen molar-refractivity contribution in [2.45, 2.75) is 39.7 Å². The second-order valence-corrected chi connectivity index (χ2v) is 5.29. The van der Waals surface area contributed by atoms with Gasteiger partial charge in [0, 0.05) is 12.7 Å². The summed E-state index contributed by atoms with van der Waals surface area (Å²) in [6.45, 7) is 4.91. The van der Waals surface area contributed by atoms with Gasteiger partial charge in [0.1, 0.15) is 9.88 Å². The average Bonchev–Trinajstić information content (AvgIpc) is 2.96. The predicted molar refractivity (Wildman–Crippen MR) is 74.6 cm³/mol. The normalized spacial score (nSPS) is 10.8. The van der Waals surface area contributed by atoms with Crippen LogP contribution in [0.15, 0.2) is 12.3 Å². The summed E-state index contributed by atoms with van der Waals surface area (Å²) in [7, 11) is 0. The molecule has 0 fully saturated rings. The molecule has 6 heteroatoms. The van der Waals surface area contributed by atoms with E-state index in [-0.39, 0.29) is 0 Å². The summed E-state index contributed by atoms with van der Waals surface area (Å²) in [6, 6.07) is 1.88. The summed E-state index contributed by atoms with van der Waals surface area (Å²) in [5, 5.41) is 14.2. The number of aromatic carboxylic acids is 1. The quantitative estimate of drug-likeness (QED) is 0.882. The Labute approximate surface area is 115 Å². The molecule has 0 amide bonds. The number of hydrogen-bond donors (Lipinski definition) is 1. The number of nitrogens with zero attached hydrogens (tertiary/aromatic N) is 3. The molecule has 102 valence electrons. The fourth-order valence-electron chi connectivity index (χ4n) is 1.94. The number of rotatable bonds is 6. The zero-order chi connectivity index (χ0) is 13.8. The Kier molecular flexibility index (Phi) is 4.31. The zero-order valence-electron chi connectivity index (χ0n) is 11.1. The van der Waals surface area contributed by atoms with Gasteiger partial charge >= 0.3 is 5.97 Å². The standard InChI is InChI=1S/C13H17N3O2S/c1-3-5-9-11(13(17)18)19-12(15-9)10-6-7-14-16(10)8-4-2/h6-7H,3-5,8H2,1-2H3,(H,17,18). The Morgan fingerprint density at radius 3 is 2.84 bits per heavy atom. The molecule has 2 heterocycles. The van der Waals surface area contributed by atoms with E-state index in [1.807, 2.05) is 17.7 Å². The van der Waals surface area contributed by atoms with Gasteiger partial charge in [-0.15, -0.1) is 11.3 Å². The molecule has 5 nitrogen and oxygen atoms in total. The summed E-state index contributed by atoms with van der Waals surface area (Å²) in [5.41, 5.74) is 1.58. The lowest BCUT2D eigenvalue weighted by atomic mass is 10.2. The van der Waals surface area contributed by atoms with Crippen LogP contribution in [-0.2, 0) is 13.0 Å². The van der Waals surface area contributed by atoms with Gasteiger partial charge in [0.15, 0.2) is 0 Å². The van der Waals surface area contributed by atoms with Gasteiger partial charge in [0.2, 0.25) is 0 Å². The first-order chi connectivity index (χ1) is 9.17. The molecule has 1 N–H and O–H groups in total. The number of aryl methyl sites for hydroxylation is 2. The van der Waals surface area contributed by atoms with Crippen LogP contribution in [0.25, 0.3) is 10.7 Å². The third-order valence-corrected chi connectivity index (χ3v) is 3.86. The maximum absolute atomic E-state index is 11.2. The maximum atomic E-state index is 11.2. The maximum Gasteiger partial charge on any atom is 0.347 e. The molecule has 2 rings (SSSR count). The first-order valence-electron chi connectivity index (χ1n) is 6.42. The van der Waals surface area contributed by atoms with Crippen molar-refractivity contribution in [2.75, 3.05) is 0 Å². The Hall–Kier alpha value is -1.69. The van der Waals surface area contributed by atoms with Crippen molar-refractivity contribution in [1.29, 1.82) is 0 Å². The summed E-state index contributed by atoms with van der Waals surface area (Å²) < 4.78 is 1.88. The summed E-state index contributed by atoms with van der Waals surface area (Å²) >= 11 is 1.23. The fraction of sp³-hybridized carbons (Fsp3) is 0.462. The van der Waals surface area contributed by atoms with Crippen LogP contribution in [0.1, 0.15) is 42.1 Å². The number of thiazole rings is 1. The van der Waals surface area contributed by atoms with E-state index in [1.165, 1.54) is 11.3 Å². The molecule has 0 spiro atoms. The molecule has 0 atom stereocenters. The highest BCUT2D eigenvalue weighted by Crippen LogP contribution is 2.29. The molecule has 0 radical (unpaired) electrons. The molecule has 19 heavy (non-hydrogen) atoms. The smallest absolute Gasteiger partial charge is 0.347 e. The van der Waals surface area contributed by atoms with Crippen molar-refractivity contribution >= 4 is 17.3 Å². The van der Waals surface area contributed by atoms with E-state index >= 15 is 0 Å². The third-order valence-electron chi connectivity index (χ3n) is 2.75.